The Bertz CT molecular complexity index is 1810. The predicted octanol–water partition coefficient (Wildman–Crippen LogP) is 3.62. The number of hydrogen-bond donors (Lipinski definition) is 6. The number of alkyl halides is 2. The Kier molecular flexibility index (Phi) is 12.1. The van der Waals surface area contributed by atoms with E-state index in [2.05, 4.69) is 31.2 Å². The van der Waals surface area contributed by atoms with Crippen LogP contribution in [0.1, 0.15) is 31.3 Å². The number of carbonyl (C=O) groups is 4. The second-order valence-electron chi connectivity index (χ2n) is 10.6. The molecule has 252 valence electrons. The van der Waals surface area contributed by atoms with Gasteiger partial charge in [-0.2, -0.15) is 0 Å². The minimum absolute atomic E-state index is 0.210. The molecule has 8 N–H and O–H groups in total. The Balaban J connectivity index is 1.37. The molecular weight excluding hydrogens is 659 g/mol. The highest BCUT2D eigenvalue weighted by Crippen LogP contribution is 2.21. The van der Waals surface area contributed by atoms with E-state index < -0.39 is 17.7 Å². The summed E-state index contributed by atoms with van der Waals surface area (Å²) in [5, 5.41) is 11.0. The van der Waals surface area contributed by atoms with E-state index in [1.165, 1.54) is 12.1 Å². The number of nitrogens with two attached hydrogens (primary N) is 2. The number of benzene rings is 2. The summed E-state index contributed by atoms with van der Waals surface area (Å²) < 4.78 is 3.15. The number of amides is 4. The van der Waals surface area contributed by atoms with Crippen molar-refractivity contribution in [1.82, 2.24) is 9.13 Å². The quantitative estimate of drug-likeness (QED) is 0.0659. The third-order valence-corrected chi connectivity index (χ3v) is 7.34. The third kappa shape index (κ3) is 9.53. The number of aryl methyl sites for hydroxylation is 2. The van der Waals surface area contributed by atoms with Gasteiger partial charge in [0.25, 0.3) is 17.7 Å². The van der Waals surface area contributed by atoms with E-state index in [4.69, 9.17) is 34.7 Å². The summed E-state index contributed by atoms with van der Waals surface area (Å²) >= 11 is 11.8. The summed E-state index contributed by atoms with van der Waals surface area (Å²) in [6, 6.07) is 16.8. The molecule has 4 amide bonds. The minimum atomic E-state index is -0.462. The number of aromatic nitrogens is 2. The molecule has 0 saturated heterocycles. The molecule has 4 rings (SSSR count). The molecule has 0 saturated carbocycles. The first-order chi connectivity index (χ1) is 23.0. The van der Waals surface area contributed by atoms with Crippen molar-refractivity contribution in [3.63, 3.8) is 0 Å². The molecule has 0 atom stereocenters. The lowest BCUT2D eigenvalue weighted by Gasteiger charge is -2.23. The molecule has 0 radical (unpaired) electrons. The monoisotopic (exact) mass is 694 g/mol. The predicted molar refractivity (Wildman–Crippen MR) is 191 cm³/mol. The van der Waals surface area contributed by atoms with Crippen LogP contribution in [0.3, 0.4) is 0 Å². The highest BCUT2D eigenvalue weighted by atomic mass is 35.5. The number of halogens is 2. The first-order valence-corrected chi connectivity index (χ1v) is 15.7. The van der Waals surface area contributed by atoms with Crippen molar-refractivity contribution in [2.75, 3.05) is 57.6 Å². The molecule has 0 fully saturated rings. The average Bonchev–Trinajstić information content (AvgIpc) is 3.61. The average molecular weight is 696 g/mol. The van der Waals surface area contributed by atoms with E-state index in [1.54, 1.807) is 72.0 Å². The topological polar surface area (TPSA) is 194 Å². The van der Waals surface area contributed by atoms with Gasteiger partial charge in [0.1, 0.15) is 17.9 Å². The molecule has 0 aliphatic heterocycles. The number of nitrogens with zero attached hydrogens (tertiary/aromatic N) is 4. The second kappa shape index (κ2) is 16.4. The molecule has 14 nitrogen and oxygen atoms in total. The molecule has 0 aliphatic rings. The number of anilines is 5. The van der Waals surface area contributed by atoms with Crippen molar-refractivity contribution in [2.45, 2.75) is 0 Å². The van der Waals surface area contributed by atoms with Crippen molar-refractivity contribution in [2.24, 2.45) is 30.6 Å². The van der Waals surface area contributed by atoms with Crippen molar-refractivity contribution < 1.29 is 19.2 Å². The molecule has 16 heteroatoms. The van der Waals surface area contributed by atoms with Gasteiger partial charge in [0, 0.05) is 74.0 Å². The zero-order valence-electron chi connectivity index (χ0n) is 26.3. The maximum Gasteiger partial charge on any atom is 0.272 e. The summed E-state index contributed by atoms with van der Waals surface area (Å²) in [6.45, 7) is 1.04. The number of nitrogens with one attached hydrogen (secondary N) is 4. The van der Waals surface area contributed by atoms with Crippen LogP contribution < -0.4 is 37.6 Å². The molecule has 0 unspecified atom stereocenters. The van der Waals surface area contributed by atoms with Crippen LogP contribution in [0.25, 0.3) is 0 Å². The second-order valence-corrected chi connectivity index (χ2v) is 11.4. The van der Waals surface area contributed by atoms with Crippen LogP contribution in [-0.2, 0) is 18.9 Å². The molecule has 4 aromatic rings. The van der Waals surface area contributed by atoms with E-state index in [0.29, 0.717) is 53.3 Å². The van der Waals surface area contributed by atoms with Gasteiger partial charge >= 0.3 is 0 Å². The lowest BCUT2D eigenvalue weighted by Crippen LogP contribution is -2.27. The van der Waals surface area contributed by atoms with E-state index in [1.807, 2.05) is 12.1 Å². The Morgan fingerprint density at radius 1 is 0.708 bits per heavy atom. The van der Waals surface area contributed by atoms with Crippen LogP contribution in [0.4, 0.5) is 28.4 Å². The van der Waals surface area contributed by atoms with Crippen molar-refractivity contribution >= 4 is 81.2 Å². The van der Waals surface area contributed by atoms with E-state index in [-0.39, 0.29) is 29.7 Å². The smallest absolute Gasteiger partial charge is 0.272 e. The summed E-state index contributed by atoms with van der Waals surface area (Å²) in [7, 11) is 3.35. The molecule has 2 heterocycles. The zero-order chi connectivity index (χ0) is 34.8. The van der Waals surface area contributed by atoms with Gasteiger partial charge in [-0.15, -0.1) is 23.2 Å². The van der Waals surface area contributed by atoms with Gasteiger partial charge in [-0.3, -0.25) is 19.2 Å². The van der Waals surface area contributed by atoms with Gasteiger partial charge in [0.15, 0.2) is 5.96 Å². The van der Waals surface area contributed by atoms with Gasteiger partial charge in [-0.1, -0.05) is 6.07 Å². The molecule has 48 heavy (non-hydrogen) atoms. The van der Waals surface area contributed by atoms with E-state index in [0.717, 1.165) is 5.69 Å². The van der Waals surface area contributed by atoms with Gasteiger partial charge in [0.2, 0.25) is 5.91 Å². The van der Waals surface area contributed by atoms with Crippen molar-refractivity contribution in [1.29, 1.82) is 0 Å². The van der Waals surface area contributed by atoms with Crippen LogP contribution in [0, 0.1) is 0 Å². The minimum Gasteiger partial charge on any atom is -0.370 e. The summed E-state index contributed by atoms with van der Waals surface area (Å²) in [6.07, 6.45) is 3.19. The van der Waals surface area contributed by atoms with E-state index in [9.17, 15) is 19.2 Å². The highest BCUT2D eigenvalue weighted by molar-refractivity contribution is 6.18. The first-order valence-electron chi connectivity index (χ1n) is 14.7. The number of hydrogen-bond acceptors (Lipinski definition) is 6. The van der Waals surface area contributed by atoms with Crippen LogP contribution in [-0.4, -0.2) is 70.1 Å². The van der Waals surface area contributed by atoms with Gasteiger partial charge in [-0.25, -0.2) is 4.99 Å². The van der Waals surface area contributed by atoms with Crippen molar-refractivity contribution in [3.05, 3.63) is 90.0 Å². The lowest BCUT2D eigenvalue weighted by molar-refractivity contribution is -0.114. The molecule has 0 spiro atoms. The van der Waals surface area contributed by atoms with Crippen LogP contribution >= 0.6 is 23.2 Å². The zero-order valence-corrected chi connectivity index (χ0v) is 27.8. The maximum absolute atomic E-state index is 13.1. The molecule has 0 bridgehead atoms. The number of rotatable bonds is 14. The molecule has 0 aliphatic carbocycles. The molecule has 2 aromatic carbocycles. The van der Waals surface area contributed by atoms with Gasteiger partial charge in [0.05, 0.1) is 11.4 Å². The Morgan fingerprint density at radius 2 is 1.25 bits per heavy atom. The fraction of sp³-hybridized carbons (Fsp3) is 0.219. The SMILES string of the molecule is Cn1cc(NC(=O)CN=C(N)N)cc1C(=O)Nc1cccc(C(=O)Nc2cc(C(=O)Nc3ccc(N(CCCl)CCCl)cc3)n(C)c2)c1. The fourth-order valence-electron chi connectivity index (χ4n) is 4.74. The normalized spacial score (nSPS) is 10.6. The number of aliphatic imine (C=N–C) groups is 1. The molecular formula is C32H36Cl2N10O4. The van der Waals surface area contributed by atoms with Crippen LogP contribution in [0.2, 0.25) is 0 Å². The van der Waals surface area contributed by atoms with Gasteiger partial charge < -0.3 is 46.8 Å². The Hall–Kier alpha value is -5.47. The lowest BCUT2D eigenvalue weighted by atomic mass is 10.2. The van der Waals surface area contributed by atoms with Crippen molar-refractivity contribution in [3.8, 4) is 0 Å². The summed E-state index contributed by atoms with van der Waals surface area (Å²) in [4.78, 5) is 56.9. The number of carbonyl (C=O) groups excluding carboxylic acids is 4. The van der Waals surface area contributed by atoms with Gasteiger partial charge in [-0.05, 0) is 54.6 Å². The Morgan fingerprint density at radius 3 is 1.81 bits per heavy atom. The van der Waals surface area contributed by atoms with Crippen LogP contribution in [0.5, 0.6) is 0 Å². The first kappa shape index (κ1) is 35.4. The largest absolute Gasteiger partial charge is 0.370 e. The maximum atomic E-state index is 13.1. The standard InChI is InChI=1S/C32H36Cl2N10O4/c1-42-18-23(38-28(45)17-37-32(35)36)15-26(42)31(48)40-22-5-3-4-20(14-22)29(46)41-24-16-27(43(2)19-24)30(47)39-21-6-8-25(9-7-21)44(12-10-33)13-11-34/h3-9,14-16,18-19H,10-13,17H2,1-2H3,(H,38,45)(H,39,47)(H,40,48)(H,41,46)(H4,35,36,37). The molecule has 2 aromatic heterocycles. The highest BCUT2D eigenvalue weighted by Gasteiger charge is 2.17. The summed E-state index contributed by atoms with van der Waals surface area (Å²) in [5.74, 6) is -0.994. The fourth-order valence-corrected chi connectivity index (χ4v) is 5.15. The van der Waals surface area contributed by atoms with E-state index >= 15 is 0 Å². The van der Waals surface area contributed by atoms with Crippen LogP contribution in [0.15, 0.2) is 78.0 Å². The third-order valence-electron chi connectivity index (χ3n) is 7.00. The Labute approximate surface area is 287 Å². The summed E-state index contributed by atoms with van der Waals surface area (Å²) in [5.41, 5.74) is 14.1. The number of guanidine groups is 1.